The molecule has 0 atom stereocenters. The van der Waals surface area contributed by atoms with Gasteiger partial charge >= 0.3 is 11.9 Å². The van der Waals surface area contributed by atoms with E-state index in [1.165, 1.54) is 13.2 Å². The quantitative estimate of drug-likeness (QED) is 0.712. The molecule has 128 valence electrons. The highest BCUT2D eigenvalue weighted by atomic mass is 16.5. The smallest absolute Gasteiger partial charge is 0.342 e. The van der Waals surface area contributed by atoms with Crippen molar-refractivity contribution in [2.45, 2.75) is 13.5 Å². The lowest BCUT2D eigenvalue weighted by molar-refractivity contribution is 0.0474. The van der Waals surface area contributed by atoms with Crippen LogP contribution in [-0.2, 0) is 16.1 Å². The second-order valence-electron chi connectivity index (χ2n) is 5.56. The van der Waals surface area contributed by atoms with Crippen molar-refractivity contribution < 1.29 is 24.2 Å². The van der Waals surface area contributed by atoms with Gasteiger partial charge in [-0.3, -0.25) is 0 Å². The molecule has 3 rings (SSSR count). The van der Waals surface area contributed by atoms with Gasteiger partial charge in [-0.05, 0) is 24.6 Å². The number of phenolic OH excluding ortho intramolecular Hbond substituents is 1. The second kappa shape index (κ2) is 6.68. The van der Waals surface area contributed by atoms with Crippen molar-refractivity contribution in [1.82, 2.24) is 4.98 Å². The Morgan fingerprint density at radius 2 is 1.76 bits per heavy atom. The molecule has 0 bridgehead atoms. The highest BCUT2D eigenvalue weighted by molar-refractivity contribution is 6.15. The number of esters is 2. The molecule has 2 aromatic carbocycles. The molecule has 0 saturated heterocycles. The number of rotatable bonds is 4. The fraction of sp³-hybridized carbons (Fsp3) is 0.158. The zero-order chi connectivity index (χ0) is 18.0. The fourth-order valence-corrected chi connectivity index (χ4v) is 2.77. The maximum Gasteiger partial charge on any atom is 0.342 e. The Balaban J connectivity index is 2.03. The number of aromatic amines is 1. The molecule has 2 N–H and O–H groups in total. The van der Waals surface area contributed by atoms with Crippen molar-refractivity contribution in [3.05, 3.63) is 64.8 Å². The Kier molecular flexibility index (Phi) is 4.43. The summed E-state index contributed by atoms with van der Waals surface area (Å²) in [6, 6.07) is 12.3. The third-order valence-electron chi connectivity index (χ3n) is 3.94. The number of nitrogens with one attached hydrogen (secondary N) is 1. The molecule has 0 radical (unpaired) electrons. The number of carbonyl (C=O) groups excluding carboxylic acids is 2. The van der Waals surface area contributed by atoms with E-state index in [9.17, 15) is 14.7 Å². The maximum atomic E-state index is 12.6. The summed E-state index contributed by atoms with van der Waals surface area (Å²) in [5.74, 6) is -1.56. The van der Waals surface area contributed by atoms with Gasteiger partial charge < -0.3 is 19.6 Å². The summed E-state index contributed by atoms with van der Waals surface area (Å²) in [5, 5.41) is 10.4. The Bertz CT molecular complexity index is 943. The number of methoxy groups -OCH3 is 1. The molecule has 0 aliphatic heterocycles. The van der Waals surface area contributed by atoms with E-state index in [-0.39, 0.29) is 23.5 Å². The number of hydrogen-bond acceptors (Lipinski definition) is 5. The highest BCUT2D eigenvalue weighted by Crippen LogP contribution is 2.32. The van der Waals surface area contributed by atoms with Crippen molar-refractivity contribution in [3.8, 4) is 5.75 Å². The van der Waals surface area contributed by atoms with Gasteiger partial charge in [-0.25, -0.2) is 9.59 Å². The highest BCUT2D eigenvalue weighted by Gasteiger charge is 2.25. The Labute approximate surface area is 144 Å². The average Bonchev–Trinajstić information content (AvgIpc) is 2.96. The van der Waals surface area contributed by atoms with Gasteiger partial charge in [0.2, 0.25) is 0 Å². The molecule has 1 heterocycles. The van der Waals surface area contributed by atoms with Crippen molar-refractivity contribution in [2.24, 2.45) is 0 Å². The van der Waals surface area contributed by atoms with Crippen LogP contribution in [0.3, 0.4) is 0 Å². The van der Waals surface area contributed by atoms with E-state index in [1.807, 2.05) is 30.3 Å². The van der Waals surface area contributed by atoms with E-state index in [1.54, 1.807) is 13.0 Å². The Morgan fingerprint density at radius 1 is 1.04 bits per heavy atom. The van der Waals surface area contributed by atoms with Crippen LogP contribution in [-0.4, -0.2) is 29.1 Å². The zero-order valence-corrected chi connectivity index (χ0v) is 13.8. The molecule has 6 heteroatoms. The minimum atomic E-state index is -0.723. The molecule has 0 spiro atoms. The molecule has 0 amide bonds. The number of aromatic hydroxyl groups is 1. The monoisotopic (exact) mass is 339 g/mol. The molecule has 25 heavy (non-hydrogen) atoms. The van der Waals surface area contributed by atoms with Gasteiger partial charge in [0, 0.05) is 16.6 Å². The van der Waals surface area contributed by atoms with Gasteiger partial charge in [-0.1, -0.05) is 30.3 Å². The van der Waals surface area contributed by atoms with E-state index >= 15 is 0 Å². The largest absolute Gasteiger partial charge is 0.507 e. The Hall–Kier alpha value is -3.28. The third-order valence-corrected chi connectivity index (χ3v) is 3.94. The standard InChI is InChI=1S/C19H17NO5/c1-11-15(19(23)25-10-12-6-4-3-5-7-12)16-13(20-11)8-9-14(21)17(16)18(22)24-2/h3-9,20-21H,10H2,1-2H3. The van der Waals surface area contributed by atoms with E-state index in [0.29, 0.717) is 16.6 Å². The van der Waals surface area contributed by atoms with Crippen molar-refractivity contribution in [2.75, 3.05) is 7.11 Å². The number of H-pyrrole nitrogens is 1. The number of ether oxygens (including phenoxy) is 2. The summed E-state index contributed by atoms with van der Waals surface area (Å²) in [5.41, 5.74) is 2.09. The summed E-state index contributed by atoms with van der Waals surface area (Å²) in [4.78, 5) is 27.7. The van der Waals surface area contributed by atoms with Gasteiger partial charge in [0.1, 0.15) is 17.9 Å². The molecular formula is C19H17NO5. The van der Waals surface area contributed by atoms with Crippen LogP contribution in [0.25, 0.3) is 10.9 Å². The van der Waals surface area contributed by atoms with Gasteiger partial charge in [-0.2, -0.15) is 0 Å². The first-order valence-electron chi connectivity index (χ1n) is 7.66. The maximum absolute atomic E-state index is 12.6. The number of aromatic nitrogens is 1. The molecule has 0 saturated carbocycles. The van der Waals surface area contributed by atoms with E-state index in [4.69, 9.17) is 9.47 Å². The SMILES string of the molecule is COC(=O)c1c(O)ccc2[nH]c(C)c(C(=O)OCc3ccccc3)c12. The van der Waals surface area contributed by atoms with Crippen LogP contribution in [0.2, 0.25) is 0 Å². The van der Waals surface area contributed by atoms with Gasteiger partial charge in [0.15, 0.2) is 0 Å². The molecule has 0 fully saturated rings. The lowest BCUT2D eigenvalue weighted by atomic mass is 10.0. The average molecular weight is 339 g/mol. The van der Waals surface area contributed by atoms with Crippen molar-refractivity contribution in [3.63, 3.8) is 0 Å². The number of benzene rings is 2. The van der Waals surface area contributed by atoms with E-state index in [2.05, 4.69) is 4.98 Å². The van der Waals surface area contributed by atoms with Crippen LogP contribution in [0, 0.1) is 6.92 Å². The van der Waals surface area contributed by atoms with Crippen LogP contribution >= 0.6 is 0 Å². The summed E-state index contributed by atoms with van der Waals surface area (Å²) in [6.07, 6.45) is 0. The van der Waals surface area contributed by atoms with Crippen molar-refractivity contribution in [1.29, 1.82) is 0 Å². The van der Waals surface area contributed by atoms with Crippen LogP contribution in [0.15, 0.2) is 42.5 Å². The number of phenols is 1. The Morgan fingerprint density at radius 3 is 2.44 bits per heavy atom. The fourth-order valence-electron chi connectivity index (χ4n) is 2.77. The van der Waals surface area contributed by atoms with Crippen LogP contribution in [0.4, 0.5) is 0 Å². The number of fused-ring (bicyclic) bond motifs is 1. The molecule has 0 aliphatic rings. The summed E-state index contributed by atoms with van der Waals surface area (Å²) in [6.45, 7) is 1.81. The minimum absolute atomic E-state index is 0.0592. The first kappa shape index (κ1) is 16.6. The molecule has 0 unspecified atom stereocenters. The minimum Gasteiger partial charge on any atom is -0.507 e. The topological polar surface area (TPSA) is 88.6 Å². The van der Waals surface area contributed by atoms with Crippen molar-refractivity contribution >= 4 is 22.8 Å². The molecular weight excluding hydrogens is 322 g/mol. The predicted octanol–water partition coefficient (Wildman–Crippen LogP) is 3.33. The van der Waals surface area contributed by atoms with E-state index in [0.717, 1.165) is 5.56 Å². The zero-order valence-electron chi connectivity index (χ0n) is 13.8. The number of aryl methyl sites for hydroxylation is 1. The molecule has 1 aromatic heterocycles. The predicted molar refractivity (Wildman–Crippen MR) is 91.6 cm³/mol. The lowest BCUT2D eigenvalue weighted by Crippen LogP contribution is -2.09. The van der Waals surface area contributed by atoms with Gasteiger partial charge in [0.25, 0.3) is 0 Å². The van der Waals surface area contributed by atoms with Crippen LogP contribution < -0.4 is 0 Å². The molecule has 6 nitrogen and oxygen atoms in total. The normalized spacial score (nSPS) is 10.6. The van der Waals surface area contributed by atoms with Gasteiger partial charge in [-0.15, -0.1) is 0 Å². The van der Waals surface area contributed by atoms with Crippen LogP contribution in [0.5, 0.6) is 5.75 Å². The van der Waals surface area contributed by atoms with Crippen LogP contribution in [0.1, 0.15) is 32.0 Å². The summed E-state index contributed by atoms with van der Waals surface area (Å²) in [7, 11) is 1.22. The lowest BCUT2D eigenvalue weighted by Gasteiger charge is -2.08. The third kappa shape index (κ3) is 3.06. The molecule has 3 aromatic rings. The number of carbonyl (C=O) groups is 2. The van der Waals surface area contributed by atoms with Gasteiger partial charge in [0.05, 0.1) is 12.7 Å². The summed E-state index contributed by atoms with van der Waals surface area (Å²) >= 11 is 0. The number of hydrogen-bond donors (Lipinski definition) is 2. The molecule has 0 aliphatic carbocycles. The first-order chi connectivity index (χ1) is 12.0. The van der Waals surface area contributed by atoms with E-state index < -0.39 is 11.9 Å². The summed E-state index contributed by atoms with van der Waals surface area (Å²) < 4.78 is 10.1. The second-order valence-corrected chi connectivity index (χ2v) is 5.56. The first-order valence-corrected chi connectivity index (χ1v) is 7.66.